The lowest BCUT2D eigenvalue weighted by Gasteiger charge is -2.30. The van der Waals surface area contributed by atoms with Gasteiger partial charge in [0.2, 0.25) is 0 Å². The number of aryl methyl sites for hydroxylation is 2. The van der Waals surface area contributed by atoms with Gasteiger partial charge in [-0.1, -0.05) is 12.8 Å². The molecule has 110 valence electrons. The van der Waals surface area contributed by atoms with E-state index in [0.717, 1.165) is 30.1 Å². The van der Waals surface area contributed by atoms with Gasteiger partial charge in [0, 0.05) is 17.3 Å². The van der Waals surface area contributed by atoms with Crippen LogP contribution in [0.1, 0.15) is 52.2 Å². The molecule has 2 aliphatic carbocycles. The van der Waals surface area contributed by atoms with Crippen LogP contribution in [0.5, 0.6) is 0 Å². The van der Waals surface area contributed by atoms with E-state index in [1.54, 1.807) is 11.3 Å². The fourth-order valence-corrected chi connectivity index (χ4v) is 5.08. The van der Waals surface area contributed by atoms with Crippen molar-refractivity contribution in [3.05, 3.63) is 21.4 Å². The summed E-state index contributed by atoms with van der Waals surface area (Å²) >= 11 is 7.73. The van der Waals surface area contributed by atoms with E-state index in [0.29, 0.717) is 11.8 Å². The van der Waals surface area contributed by atoms with Gasteiger partial charge in [-0.05, 0) is 55.6 Å². The van der Waals surface area contributed by atoms with Crippen LogP contribution in [0.3, 0.4) is 0 Å². The number of fused-ring (bicyclic) bond motifs is 1. The Hall–Kier alpha value is -0.540. The van der Waals surface area contributed by atoms with Crippen molar-refractivity contribution in [2.75, 3.05) is 12.4 Å². The molecule has 3 rings (SSSR count). The van der Waals surface area contributed by atoms with Gasteiger partial charge in [-0.3, -0.25) is 4.79 Å². The van der Waals surface area contributed by atoms with Crippen LogP contribution in [0.2, 0.25) is 0 Å². The summed E-state index contributed by atoms with van der Waals surface area (Å²) in [6.45, 7) is 0.790. The highest BCUT2D eigenvalue weighted by Gasteiger charge is 2.25. The van der Waals surface area contributed by atoms with Crippen LogP contribution < -0.4 is 5.32 Å². The summed E-state index contributed by atoms with van der Waals surface area (Å²) in [6.07, 6.45) is 8.56. The fourth-order valence-electron chi connectivity index (χ4n) is 3.51. The molecule has 2 aliphatic rings. The van der Waals surface area contributed by atoms with E-state index in [1.165, 1.54) is 42.5 Å². The minimum atomic E-state index is 0.114. The zero-order chi connectivity index (χ0) is 13.9. The van der Waals surface area contributed by atoms with E-state index < -0.39 is 0 Å². The van der Waals surface area contributed by atoms with Gasteiger partial charge in [-0.2, -0.15) is 0 Å². The van der Waals surface area contributed by atoms with Crippen LogP contribution in [0.25, 0.3) is 0 Å². The molecule has 20 heavy (non-hydrogen) atoms. The van der Waals surface area contributed by atoms with Crippen molar-refractivity contribution in [2.24, 2.45) is 11.8 Å². The maximum Gasteiger partial charge on any atom is 0.261 e. The average Bonchev–Trinajstić information content (AvgIpc) is 3.06. The highest BCUT2D eigenvalue weighted by molar-refractivity contribution is 7.14. The molecule has 0 spiro atoms. The quantitative estimate of drug-likeness (QED) is 0.836. The van der Waals surface area contributed by atoms with Gasteiger partial charge < -0.3 is 5.32 Å². The molecule has 1 amide bonds. The Morgan fingerprint density at radius 1 is 1.25 bits per heavy atom. The molecule has 1 aromatic rings. The maximum absolute atomic E-state index is 12.3. The van der Waals surface area contributed by atoms with Crippen LogP contribution in [0.4, 0.5) is 0 Å². The lowest BCUT2D eigenvalue weighted by atomic mass is 9.80. The number of carbonyl (C=O) groups is 1. The van der Waals surface area contributed by atoms with E-state index in [-0.39, 0.29) is 5.91 Å². The zero-order valence-electron chi connectivity index (χ0n) is 11.8. The lowest BCUT2D eigenvalue weighted by molar-refractivity contribution is 0.0940. The van der Waals surface area contributed by atoms with Gasteiger partial charge in [0.15, 0.2) is 0 Å². The molecule has 0 radical (unpaired) electrons. The fraction of sp³-hybridized carbons (Fsp3) is 0.688. The third kappa shape index (κ3) is 3.04. The molecule has 4 heteroatoms. The monoisotopic (exact) mass is 311 g/mol. The SMILES string of the molecule is O=C(NCC1CCCCC1CCl)c1cc2c(s1)CCC2. The number of thiophene rings is 1. The second-order valence-corrected chi connectivity index (χ2v) is 7.53. The van der Waals surface area contributed by atoms with Crippen LogP contribution in [0.15, 0.2) is 6.07 Å². The molecule has 1 aromatic heterocycles. The number of hydrogen-bond donors (Lipinski definition) is 1. The molecular weight excluding hydrogens is 290 g/mol. The third-order valence-corrected chi connectivity index (χ3v) is 6.39. The van der Waals surface area contributed by atoms with Crippen molar-refractivity contribution in [3.63, 3.8) is 0 Å². The lowest BCUT2D eigenvalue weighted by Crippen LogP contribution is -2.34. The van der Waals surface area contributed by atoms with E-state index in [4.69, 9.17) is 11.6 Å². The summed E-state index contributed by atoms with van der Waals surface area (Å²) in [5.41, 5.74) is 1.40. The highest BCUT2D eigenvalue weighted by Crippen LogP contribution is 2.32. The first-order valence-corrected chi connectivity index (χ1v) is 9.08. The second-order valence-electron chi connectivity index (χ2n) is 6.08. The second kappa shape index (κ2) is 6.48. The van der Waals surface area contributed by atoms with Crippen molar-refractivity contribution in [3.8, 4) is 0 Å². The average molecular weight is 312 g/mol. The largest absolute Gasteiger partial charge is 0.351 e. The van der Waals surface area contributed by atoms with Crippen LogP contribution >= 0.6 is 22.9 Å². The minimum absolute atomic E-state index is 0.114. The Morgan fingerprint density at radius 3 is 2.80 bits per heavy atom. The molecular formula is C16H22ClNOS. The Kier molecular flexibility index (Phi) is 4.67. The van der Waals surface area contributed by atoms with Gasteiger partial charge in [0.25, 0.3) is 5.91 Å². The molecule has 1 N–H and O–H groups in total. The number of nitrogens with one attached hydrogen (secondary N) is 1. The normalized spacial score (nSPS) is 25.4. The summed E-state index contributed by atoms with van der Waals surface area (Å²) in [4.78, 5) is 14.6. The number of halogens is 1. The topological polar surface area (TPSA) is 29.1 Å². The Bertz CT molecular complexity index is 463. The minimum Gasteiger partial charge on any atom is -0.351 e. The van der Waals surface area contributed by atoms with E-state index in [1.807, 2.05) is 0 Å². The molecule has 1 saturated carbocycles. The Morgan fingerprint density at radius 2 is 2.05 bits per heavy atom. The summed E-state index contributed by atoms with van der Waals surface area (Å²) in [7, 11) is 0. The standard InChI is InChI=1S/C16H22ClNOS/c17-9-12-4-1-2-5-13(12)10-18-16(19)15-8-11-6-3-7-14(11)20-15/h8,12-13H,1-7,9-10H2,(H,18,19). The van der Waals surface area contributed by atoms with Gasteiger partial charge >= 0.3 is 0 Å². The van der Waals surface area contributed by atoms with E-state index >= 15 is 0 Å². The number of rotatable bonds is 4. The molecule has 2 nitrogen and oxygen atoms in total. The van der Waals surface area contributed by atoms with Crippen molar-refractivity contribution < 1.29 is 4.79 Å². The van der Waals surface area contributed by atoms with Crippen LogP contribution in [-0.4, -0.2) is 18.3 Å². The maximum atomic E-state index is 12.3. The van der Waals surface area contributed by atoms with E-state index in [9.17, 15) is 4.79 Å². The first kappa shape index (κ1) is 14.4. The third-order valence-electron chi connectivity index (χ3n) is 4.76. The smallest absolute Gasteiger partial charge is 0.261 e. The Balaban J connectivity index is 1.55. The molecule has 0 bridgehead atoms. The molecule has 2 unspecified atom stereocenters. The molecule has 0 aliphatic heterocycles. The number of alkyl halides is 1. The predicted octanol–water partition coefficient (Wildman–Crippen LogP) is 4.01. The summed E-state index contributed by atoms with van der Waals surface area (Å²) in [5, 5.41) is 3.13. The van der Waals surface area contributed by atoms with Crippen molar-refractivity contribution in [2.45, 2.75) is 44.9 Å². The summed E-state index contributed by atoms with van der Waals surface area (Å²) in [5.74, 6) is 1.99. The van der Waals surface area contributed by atoms with Crippen molar-refractivity contribution >= 4 is 28.8 Å². The van der Waals surface area contributed by atoms with E-state index in [2.05, 4.69) is 11.4 Å². The molecule has 2 atom stereocenters. The number of carbonyl (C=O) groups excluding carboxylic acids is 1. The highest BCUT2D eigenvalue weighted by atomic mass is 35.5. The van der Waals surface area contributed by atoms with Gasteiger partial charge in [0.1, 0.15) is 0 Å². The summed E-state index contributed by atoms with van der Waals surface area (Å²) in [6, 6.07) is 2.10. The molecule has 0 aromatic carbocycles. The predicted molar refractivity (Wildman–Crippen MR) is 84.8 cm³/mol. The van der Waals surface area contributed by atoms with Gasteiger partial charge in [-0.15, -0.1) is 22.9 Å². The van der Waals surface area contributed by atoms with Crippen LogP contribution in [0, 0.1) is 11.8 Å². The van der Waals surface area contributed by atoms with Crippen molar-refractivity contribution in [1.29, 1.82) is 0 Å². The molecule has 1 heterocycles. The van der Waals surface area contributed by atoms with Crippen molar-refractivity contribution in [1.82, 2.24) is 5.32 Å². The number of hydrogen-bond acceptors (Lipinski definition) is 2. The van der Waals surface area contributed by atoms with Gasteiger partial charge in [0.05, 0.1) is 4.88 Å². The molecule has 0 saturated heterocycles. The molecule has 1 fully saturated rings. The summed E-state index contributed by atoms with van der Waals surface area (Å²) < 4.78 is 0. The van der Waals surface area contributed by atoms with Gasteiger partial charge in [-0.25, -0.2) is 0 Å². The zero-order valence-corrected chi connectivity index (χ0v) is 13.4. The first-order valence-electron chi connectivity index (χ1n) is 7.73. The first-order chi connectivity index (χ1) is 9.78. The number of amides is 1. The van der Waals surface area contributed by atoms with Crippen LogP contribution in [-0.2, 0) is 12.8 Å². The Labute approximate surface area is 129 Å².